The Labute approximate surface area is 171 Å². The summed E-state index contributed by atoms with van der Waals surface area (Å²) in [5, 5.41) is 0.747. The lowest BCUT2D eigenvalue weighted by Gasteiger charge is -2.31. The van der Waals surface area contributed by atoms with Gasteiger partial charge in [0.25, 0.3) is 0 Å². The van der Waals surface area contributed by atoms with E-state index >= 15 is 0 Å². The molecule has 0 radical (unpaired) electrons. The Morgan fingerprint density at radius 2 is 1.75 bits per heavy atom. The zero-order valence-corrected chi connectivity index (χ0v) is 17.7. The molecule has 5 nitrogen and oxygen atoms in total. The van der Waals surface area contributed by atoms with Gasteiger partial charge in [-0.15, -0.1) is 0 Å². The molecule has 3 rings (SSSR count). The molecule has 0 unspecified atom stereocenters. The van der Waals surface area contributed by atoms with Crippen LogP contribution in [0, 0.1) is 13.8 Å². The maximum absolute atomic E-state index is 12.9. The first-order valence-corrected chi connectivity index (χ1v) is 10.3. The Morgan fingerprint density at radius 1 is 1.11 bits per heavy atom. The normalized spacial score (nSPS) is 15.1. The summed E-state index contributed by atoms with van der Waals surface area (Å²) < 4.78 is 2.23. The summed E-state index contributed by atoms with van der Waals surface area (Å²) in [5.41, 5.74) is 4.22. The largest absolute Gasteiger partial charge is 0.348 e. The third kappa shape index (κ3) is 4.83. The first-order valence-electron chi connectivity index (χ1n) is 9.88. The van der Waals surface area contributed by atoms with E-state index in [-0.39, 0.29) is 11.7 Å². The van der Waals surface area contributed by atoms with Crippen molar-refractivity contribution in [1.29, 1.82) is 0 Å². The highest BCUT2D eigenvalue weighted by atomic mass is 35.5. The number of aryl methyl sites for hydroxylation is 2. The minimum atomic E-state index is 0.120. The van der Waals surface area contributed by atoms with Crippen LogP contribution in [0.2, 0.25) is 5.02 Å². The van der Waals surface area contributed by atoms with Crippen molar-refractivity contribution < 1.29 is 14.5 Å². The maximum atomic E-state index is 12.9. The molecule has 6 heteroatoms. The molecule has 1 aromatic heterocycles. The Kier molecular flexibility index (Phi) is 6.57. The highest BCUT2D eigenvalue weighted by Crippen LogP contribution is 2.17. The van der Waals surface area contributed by atoms with Crippen LogP contribution < -0.4 is 4.90 Å². The fourth-order valence-corrected chi connectivity index (χ4v) is 4.08. The van der Waals surface area contributed by atoms with E-state index in [2.05, 4.69) is 11.5 Å². The molecule has 1 N–H and O–H groups in total. The van der Waals surface area contributed by atoms with Crippen molar-refractivity contribution in [3.05, 3.63) is 57.9 Å². The van der Waals surface area contributed by atoms with Gasteiger partial charge in [-0.2, -0.15) is 0 Å². The zero-order chi connectivity index (χ0) is 20.3. The van der Waals surface area contributed by atoms with Crippen LogP contribution in [0.1, 0.15) is 34.2 Å². The van der Waals surface area contributed by atoms with Crippen LogP contribution in [0.3, 0.4) is 0 Å². The minimum absolute atomic E-state index is 0.120. The first-order chi connectivity index (χ1) is 13.3. The molecule has 1 fully saturated rings. The number of rotatable bonds is 6. The van der Waals surface area contributed by atoms with Crippen LogP contribution in [0.25, 0.3) is 0 Å². The van der Waals surface area contributed by atoms with Gasteiger partial charge in [-0.3, -0.25) is 9.59 Å². The van der Waals surface area contributed by atoms with Gasteiger partial charge in [0.05, 0.1) is 26.2 Å². The van der Waals surface area contributed by atoms with Crippen molar-refractivity contribution in [1.82, 2.24) is 9.47 Å². The number of benzene rings is 1. The Balaban J connectivity index is 1.61. The van der Waals surface area contributed by atoms with Gasteiger partial charge < -0.3 is 14.4 Å². The predicted molar refractivity (Wildman–Crippen MR) is 111 cm³/mol. The number of carbonyl (C=O) groups excluding carboxylic acids is 2. The monoisotopic (exact) mass is 402 g/mol. The number of nitrogens with one attached hydrogen (secondary N) is 1. The lowest BCUT2D eigenvalue weighted by atomic mass is 10.1. The Hall–Kier alpha value is -2.11. The molecule has 1 aliphatic rings. The smallest absolute Gasteiger partial charge is 0.219 e. The molecule has 28 heavy (non-hydrogen) atoms. The summed E-state index contributed by atoms with van der Waals surface area (Å²) >= 11 is 5.96. The molecule has 0 atom stereocenters. The number of Topliss-reactive ketones (excluding diaryl/α,β-unsaturated/α-hetero) is 1. The molecule has 0 saturated carbocycles. The number of ketones is 1. The fraction of sp³-hybridized carbons (Fsp3) is 0.455. The van der Waals surface area contributed by atoms with Gasteiger partial charge in [0.15, 0.2) is 0 Å². The molecular weight excluding hydrogens is 374 g/mol. The van der Waals surface area contributed by atoms with Crippen LogP contribution in [-0.2, 0) is 17.8 Å². The van der Waals surface area contributed by atoms with E-state index in [4.69, 9.17) is 11.6 Å². The van der Waals surface area contributed by atoms with Crippen LogP contribution in [-0.4, -0.2) is 53.9 Å². The number of nitrogens with zero attached hydrogens (tertiary/aromatic N) is 2. The Bertz CT molecular complexity index is 849. The lowest BCUT2D eigenvalue weighted by Crippen LogP contribution is -3.15. The number of hydrogen-bond donors (Lipinski definition) is 1. The second-order valence-electron chi connectivity index (χ2n) is 7.67. The molecule has 1 aromatic carbocycles. The van der Waals surface area contributed by atoms with Gasteiger partial charge in [0.1, 0.15) is 6.54 Å². The lowest BCUT2D eigenvalue weighted by molar-refractivity contribution is -0.895. The van der Waals surface area contributed by atoms with E-state index in [1.54, 1.807) is 6.92 Å². The molecule has 1 saturated heterocycles. The number of quaternary nitrogens is 1. The van der Waals surface area contributed by atoms with Crippen molar-refractivity contribution in [3.63, 3.8) is 0 Å². The molecule has 1 amide bonds. The molecule has 0 aliphatic carbocycles. The van der Waals surface area contributed by atoms with Crippen LogP contribution in [0.5, 0.6) is 0 Å². The average Bonchev–Trinajstić information content (AvgIpc) is 2.96. The second kappa shape index (κ2) is 8.93. The van der Waals surface area contributed by atoms with E-state index in [1.807, 2.05) is 42.2 Å². The highest BCUT2D eigenvalue weighted by molar-refractivity contribution is 6.30. The standard InChI is InChI=1S/C22H28ClN3O2/c1-16-14-21(22(28)15-24-10-12-25(13-11-24)18(3)27)17(2)26(16)9-8-19-4-6-20(23)7-5-19/h4-7,14H,8-13,15H2,1-3H3/p+1. The van der Waals surface area contributed by atoms with Crippen LogP contribution in [0.15, 0.2) is 30.3 Å². The van der Waals surface area contributed by atoms with Crippen molar-refractivity contribution in [2.24, 2.45) is 0 Å². The molecule has 2 heterocycles. The number of halogens is 1. The second-order valence-corrected chi connectivity index (χ2v) is 8.11. The van der Waals surface area contributed by atoms with Crippen molar-refractivity contribution in [3.8, 4) is 0 Å². The van der Waals surface area contributed by atoms with Gasteiger partial charge in [-0.1, -0.05) is 23.7 Å². The van der Waals surface area contributed by atoms with Crippen molar-refractivity contribution >= 4 is 23.3 Å². The van der Waals surface area contributed by atoms with E-state index < -0.39 is 0 Å². The predicted octanol–water partition coefficient (Wildman–Crippen LogP) is 1.93. The van der Waals surface area contributed by atoms with E-state index in [1.165, 1.54) is 10.5 Å². The number of carbonyl (C=O) groups is 2. The summed E-state index contributed by atoms with van der Waals surface area (Å²) in [4.78, 5) is 27.5. The summed E-state index contributed by atoms with van der Waals surface area (Å²) in [6.45, 7) is 10.2. The molecular formula is C22H29ClN3O2+. The molecule has 1 aliphatic heterocycles. The van der Waals surface area contributed by atoms with Gasteiger partial charge in [-0.05, 0) is 44.0 Å². The Morgan fingerprint density at radius 3 is 2.36 bits per heavy atom. The number of aromatic nitrogens is 1. The minimum Gasteiger partial charge on any atom is -0.348 e. The quantitative estimate of drug-likeness (QED) is 0.750. The molecule has 0 bridgehead atoms. The topological polar surface area (TPSA) is 46.8 Å². The van der Waals surface area contributed by atoms with Gasteiger partial charge in [-0.25, -0.2) is 0 Å². The number of amides is 1. The van der Waals surface area contributed by atoms with Crippen LogP contribution in [0.4, 0.5) is 0 Å². The SMILES string of the molecule is CC(=O)N1CC[NH+](CC(=O)c2cc(C)n(CCc3ccc(Cl)cc3)c2C)CC1. The molecule has 150 valence electrons. The third-order valence-corrected chi connectivity index (χ3v) is 5.99. The van der Waals surface area contributed by atoms with E-state index in [9.17, 15) is 9.59 Å². The highest BCUT2D eigenvalue weighted by Gasteiger charge is 2.25. The van der Waals surface area contributed by atoms with Crippen LogP contribution >= 0.6 is 11.6 Å². The molecule has 0 spiro atoms. The average molecular weight is 403 g/mol. The van der Waals surface area contributed by atoms with Crippen molar-refractivity contribution in [2.75, 3.05) is 32.7 Å². The van der Waals surface area contributed by atoms with E-state index in [0.717, 1.165) is 61.1 Å². The van der Waals surface area contributed by atoms with Crippen molar-refractivity contribution in [2.45, 2.75) is 33.7 Å². The summed E-state index contributed by atoms with van der Waals surface area (Å²) in [7, 11) is 0. The van der Waals surface area contributed by atoms with Gasteiger partial charge >= 0.3 is 0 Å². The fourth-order valence-electron chi connectivity index (χ4n) is 3.96. The number of hydrogen-bond acceptors (Lipinski definition) is 2. The maximum Gasteiger partial charge on any atom is 0.219 e. The van der Waals surface area contributed by atoms with Gasteiger partial charge in [0.2, 0.25) is 11.7 Å². The zero-order valence-electron chi connectivity index (χ0n) is 16.9. The summed E-state index contributed by atoms with van der Waals surface area (Å²) in [6.07, 6.45) is 0.902. The number of piperazine rings is 1. The molecule has 2 aromatic rings. The summed E-state index contributed by atoms with van der Waals surface area (Å²) in [5.74, 6) is 0.312. The van der Waals surface area contributed by atoms with E-state index in [0.29, 0.717) is 6.54 Å². The van der Waals surface area contributed by atoms with Gasteiger partial charge in [0, 0.05) is 35.4 Å². The first kappa shape index (κ1) is 20.6. The summed E-state index contributed by atoms with van der Waals surface area (Å²) in [6, 6.07) is 9.94. The third-order valence-electron chi connectivity index (χ3n) is 5.74.